The number of benzene rings is 2. The molecule has 0 heterocycles. The molecule has 2 N–H and O–H groups in total. The standard InChI is InChI=1S/C18H22N2O/c1-2-5-14(10-11-21)13-20-18-9-8-15(12-19)16-6-3-4-7-17(16)18/h3-4,6-9,14,20-21H,2,5,10-11,13H2,1H3. The van der Waals surface area contributed by atoms with E-state index in [1.54, 1.807) is 0 Å². The molecule has 0 saturated carbocycles. The van der Waals surface area contributed by atoms with Crippen molar-refractivity contribution < 1.29 is 5.11 Å². The molecule has 0 fully saturated rings. The first kappa shape index (κ1) is 15.3. The molecule has 0 bridgehead atoms. The molecule has 0 radical (unpaired) electrons. The van der Waals surface area contributed by atoms with Crippen molar-refractivity contribution in [2.24, 2.45) is 5.92 Å². The van der Waals surface area contributed by atoms with E-state index in [1.807, 2.05) is 36.4 Å². The Morgan fingerprint density at radius 1 is 1.14 bits per heavy atom. The minimum Gasteiger partial charge on any atom is -0.396 e. The predicted octanol–water partition coefficient (Wildman–Crippen LogP) is 3.92. The zero-order valence-corrected chi connectivity index (χ0v) is 12.5. The molecule has 2 rings (SSSR count). The van der Waals surface area contributed by atoms with Gasteiger partial charge in [-0.25, -0.2) is 0 Å². The van der Waals surface area contributed by atoms with Crippen LogP contribution in [0.1, 0.15) is 31.7 Å². The van der Waals surface area contributed by atoms with Crippen LogP contribution in [0, 0.1) is 17.2 Å². The van der Waals surface area contributed by atoms with Crippen LogP contribution in [0.25, 0.3) is 10.8 Å². The van der Waals surface area contributed by atoms with Gasteiger partial charge in [-0.2, -0.15) is 5.26 Å². The molecular weight excluding hydrogens is 260 g/mol. The minimum absolute atomic E-state index is 0.237. The Morgan fingerprint density at radius 3 is 2.57 bits per heavy atom. The topological polar surface area (TPSA) is 56.0 Å². The van der Waals surface area contributed by atoms with Crippen LogP contribution in [-0.4, -0.2) is 18.3 Å². The summed E-state index contributed by atoms with van der Waals surface area (Å²) in [5.41, 5.74) is 1.76. The van der Waals surface area contributed by atoms with Gasteiger partial charge in [-0.15, -0.1) is 0 Å². The van der Waals surface area contributed by atoms with Crippen molar-refractivity contribution in [2.75, 3.05) is 18.5 Å². The summed E-state index contributed by atoms with van der Waals surface area (Å²) in [5.74, 6) is 0.481. The largest absolute Gasteiger partial charge is 0.396 e. The van der Waals surface area contributed by atoms with E-state index in [0.29, 0.717) is 11.5 Å². The Labute approximate surface area is 126 Å². The highest BCUT2D eigenvalue weighted by atomic mass is 16.3. The Kier molecular flexibility index (Phi) is 5.59. The Morgan fingerprint density at radius 2 is 1.90 bits per heavy atom. The zero-order valence-electron chi connectivity index (χ0n) is 12.5. The van der Waals surface area contributed by atoms with Gasteiger partial charge in [0.15, 0.2) is 0 Å². The van der Waals surface area contributed by atoms with Crippen LogP contribution in [0.15, 0.2) is 36.4 Å². The summed E-state index contributed by atoms with van der Waals surface area (Å²) < 4.78 is 0. The summed E-state index contributed by atoms with van der Waals surface area (Å²) in [5, 5.41) is 23.9. The molecule has 0 amide bonds. The number of rotatable bonds is 7. The van der Waals surface area contributed by atoms with Gasteiger partial charge in [0.25, 0.3) is 0 Å². The molecule has 2 aromatic rings. The summed E-state index contributed by atoms with van der Waals surface area (Å²) >= 11 is 0. The highest BCUT2D eigenvalue weighted by Crippen LogP contribution is 2.27. The molecule has 0 aliphatic heterocycles. The second-order valence-corrected chi connectivity index (χ2v) is 5.37. The molecule has 3 heteroatoms. The molecule has 0 aromatic heterocycles. The number of aliphatic hydroxyl groups excluding tert-OH is 1. The quantitative estimate of drug-likeness (QED) is 0.809. The van der Waals surface area contributed by atoms with E-state index in [9.17, 15) is 5.26 Å². The zero-order chi connectivity index (χ0) is 15.1. The number of nitriles is 1. The monoisotopic (exact) mass is 282 g/mol. The van der Waals surface area contributed by atoms with Gasteiger partial charge in [0.1, 0.15) is 0 Å². The normalized spacial score (nSPS) is 12.0. The Balaban J connectivity index is 2.21. The fourth-order valence-corrected chi connectivity index (χ4v) is 2.74. The van der Waals surface area contributed by atoms with Gasteiger partial charge >= 0.3 is 0 Å². The summed E-state index contributed by atoms with van der Waals surface area (Å²) in [6.07, 6.45) is 3.07. The van der Waals surface area contributed by atoms with E-state index >= 15 is 0 Å². The number of fused-ring (bicyclic) bond motifs is 1. The molecule has 0 aliphatic carbocycles. The van der Waals surface area contributed by atoms with Crippen LogP contribution in [0.5, 0.6) is 0 Å². The molecule has 0 aliphatic rings. The predicted molar refractivity (Wildman–Crippen MR) is 87.3 cm³/mol. The third-order valence-electron chi connectivity index (χ3n) is 3.86. The fraction of sp³-hybridized carbons (Fsp3) is 0.389. The van der Waals surface area contributed by atoms with Crippen LogP contribution in [0.3, 0.4) is 0 Å². The lowest BCUT2D eigenvalue weighted by atomic mass is 9.99. The van der Waals surface area contributed by atoms with Gasteiger partial charge in [0, 0.05) is 29.6 Å². The van der Waals surface area contributed by atoms with Gasteiger partial charge in [-0.3, -0.25) is 0 Å². The average Bonchev–Trinajstić information content (AvgIpc) is 2.52. The first-order valence-corrected chi connectivity index (χ1v) is 7.56. The third kappa shape index (κ3) is 3.74. The smallest absolute Gasteiger partial charge is 0.0998 e. The first-order valence-electron chi connectivity index (χ1n) is 7.56. The van der Waals surface area contributed by atoms with Gasteiger partial charge in [0.2, 0.25) is 0 Å². The van der Waals surface area contributed by atoms with Crippen molar-refractivity contribution in [3.8, 4) is 6.07 Å². The summed E-state index contributed by atoms with van der Waals surface area (Å²) in [6, 6.07) is 14.1. The lowest BCUT2D eigenvalue weighted by Gasteiger charge is -2.18. The lowest BCUT2D eigenvalue weighted by molar-refractivity contribution is 0.255. The number of nitrogens with one attached hydrogen (secondary N) is 1. The number of nitrogens with zero attached hydrogens (tertiary/aromatic N) is 1. The molecule has 0 saturated heterocycles. The lowest BCUT2D eigenvalue weighted by Crippen LogP contribution is -2.15. The van der Waals surface area contributed by atoms with Crippen LogP contribution >= 0.6 is 0 Å². The molecule has 110 valence electrons. The minimum atomic E-state index is 0.237. The SMILES string of the molecule is CCCC(CCO)CNc1ccc(C#N)c2ccccc12. The Hall–Kier alpha value is -2.05. The maximum absolute atomic E-state index is 9.19. The maximum atomic E-state index is 9.19. The van der Waals surface area contributed by atoms with Crippen LogP contribution in [-0.2, 0) is 0 Å². The van der Waals surface area contributed by atoms with Crippen molar-refractivity contribution in [1.82, 2.24) is 0 Å². The number of hydrogen-bond acceptors (Lipinski definition) is 3. The maximum Gasteiger partial charge on any atom is 0.0998 e. The summed E-state index contributed by atoms with van der Waals surface area (Å²) in [6.45, 7) is 3.26. The van der Waals surface area contributed by atoms with Crippen molar-refractivity contribution in [2.45, 2.75) is 26.2 Å². The molecule has 21 heavy (non-hydrogen) atoms. The van der Waals surface area contributed by atoms with E-state index in [4.69, 9.17) is 5.11 Å². The molecule has 0 spiro atoms. The van der Waals surface area contributed by atoms with Crippen molar-refractivity contribution in [3.05, 3.63) is 42.0 Å². The number of aliphatic hydroxyl groups is 1. The summed E-state index contributed by atoms with van der Waals surface area (Å²) in [4.78, 5) is 0. The Bertz CT molecular complexity index is 625. The van der Waals surface area contributed by atoms with Crippen LogP contribution in [0.2, 0.25) is 0 Å². The van der Waals surface area contributed by atoms with E-state index in [-0.39, 0.29) is 6.61 Å². The molecule has 3 nitrogen and oxygen atoms in total. The van der Waals surface area contributed by atoms with E-state index in [2.05, 4.69) is 18.3 Å². The fourth-order valence-electron chi connectivity index (χ4n) is 2.74. The average molecular weight is 282 g/mol. The molecule has 1 atom stereocenters. The van der Waals surface area contributed by atoms with E-state index < -0.39 is 0 Å². The van der Waals surface area contributed by atoms with Gasteiger partial charge in [-0.1, -0.05) is 37.6 Å². The third-order valence-corrected chi connectivity index (χ3v) is 3.86. The first-order chi connectivity index (χ1) is 10.3. The molecule has 1 unspecified atom stereocenters. The van der Waals surface area contributed by atoms with Crippen molar-refractivity contribution in [1.29, 1.82) is 5.26 Å². The second-order valence-electron chi connectivity index (χ2n) is 5.37. The van der Waals surface area contributed by atoms with Crippen molar-refractivity contribution >= 4 is 16.5 Å². The highest BCUT2D eigenvalue weighted by Gasteiger charge is 2.09. The van der Waals surface area contributed by atoms with Gasteiger partial charge < -0.3 is 10.4 Å². The van der Waals surface area contributed by atoms with Crippen LogP contribution in [0.4, 0.5) is 5.69 Å². The van der Waals surface area contributed by atoms with Crippen molar-refractivity contribution in [3.63, 3.8) is 0 Å². The van der Waals surface area contributed by atoms with Gasteiger partial charge in [-0.05, 0) is 30.9 Å². The van der Waals surface area contributed by atoms with E-state index in [1.165, 1.54) is 0 Å². The number of hydrogen-bond donors (Lipinski definition) is 2. The molecular formula is C18H22N2O. The highest BCUT2D eigenvalue weighted by molar-refractivity contribution is 5.97. The number of anilines is 1. The van der Waals surface area contributed by atoms with Gasteiger partial charge in [0.05, 0.1) is 11.6 Å². The second kappa shape index (κ2) is 7.66. The molecule has 2 aromatic carbocycles. The van der Waals surface area contributed by atoms with E-state index in [0.717, 1.165) is 42.3 Å². The van der Waals surface area contributed by atoms with Crippen LogP contribution < -0.4 is 5.32 Å². The summed E-state index contributed by atoms with van der Waals surface area (Å²) in [7, 11) is 0.